The minimum atomic E-state index is 0.598. The van der Waals surface area contributed by atoms with E-state index in [9.17, 15) is 0 Å². The molecule has 0 amide bonds. The van der Waals surface area contributed by atoms with Gasteiger partial charge in [-0.1, -0.05) is 11.6 Å². The van der Waals surface area contributed by atoms with E-state index in [0.29, 0.717) is 10.8 Å². The molecule has 5 heteroatoms. The van der Waals surface area contributed by atoms with Crippen LogP contribution in [0.4, 0.5) is 0 Å². The van der Waals surface area contributed by atoms with Crippen LogP contribution in [0.2, 0.25) is 5.02 Å². The van der Waals surface area contributed by atoms with E-state index in [2.05, 4.69) is 10.2 Å². The first-order valence-corrected chi connectivity index (χ1v) is 3.84. The molecular weight excluding hydrogens is 176 g/mol. The second kappa shape index (κ2) is 2.64. The van der Waals surface area contributed by atoms with Crippen LogP contribution in [0.1, 0.15) is 0 Å². The Hall–Kier alpha value is -1.29. The van der Waals surface area contributed by atoms with E-state index in [1.807, 2.05) is 13.1 Å². The van der Waals surface area contributed by atoms with Gasteiger partial charge in [-0.05, 0) is 6.07 Å². The second-order valence-electron chi connectivity index (χ2n) is 2.42. The molecule has 0 saturated carbocycles. The molecule has 2 rings (SSSR count). The Labute approximate surface area is 74.4 Å². The number of hydrogen-bond acceptors (Lipinski definition) is 2. The number of nitrogens with zero attached hydrogens (tertiary/aromatic N) is 4. The molecule has 0 aliphatic carbocycles. The summed E-state index contributed by atoms with van der Waals surface area (Å²) in [5, 5.41) is 8.75. The molecule has 0 saturated heterocycles. The SMILES string of the molecule is Cn1cc(Cl)c(-n2cccn2)n1. The molecule has 0 unspecified atom stereocenters. The van der Waals surface area contributed by atoms with Gasteiger partial charge in [-0.15, -0.1) is 0 Å². The van der Waals surface area contributed by atoms with Gasteiger partial charge in [0, 0.05) is 25.6 Å². The first kappa shape index (κ1) is 7.36. The lowest BCUT2D eigenvalue weighted by Gasteiger charge is -1.93. The summed E-state index contributed by atoms with van der Waals surface area (Å²) in [6, 6.07) is 1.82. The summed E-state index contributed by atoms with van der Waals surface area (Å²) in [6.45, 7) is 0. The van der Waals surface area contributed by atoms with Crippen molar-refractivity contribution >= 4 is 11.6 Å². The zero-order valence-corrected chi connectivity index (χ0v) is 7.23. The van der Waals surface area contributed by atoms with Gasteiger partial charge in [0.15, 0.2) is 5.82 Å². The highest BCUT2D eigenvalue weighted by Crippen LogP contribution is 2.16. The van der Waals surface area contributed by atoms with Crippen molar-refractivity contribution in [1.82, 2.24) is 19.6 Å². The Kier molecular flexibility index (Phi) is 1.62. The summed E-state index contributed by atoms with van der Waals surface area (Å²) >= 11 is 5.89. The van der Waals surface area contributed by atoms with E-state index in [-0.39, 0.29) is 0 Å². The summed E-state index contributed by atoms with van der Waals surface area (Å²) in [5.41, 5.74) is 0. The summed E-state index contributed by atoms with van der Waals surface area (Å²) < 4.78 is 3.28. The van der Waals surface area contributed by atoms with Crippen LogP contribution in [0.15, 0.2) is 24.7 Å². The van der Waals surface area contributed by atoms with Crippen molar-refractivity contribution in [2.45, 2.75) is 0 Å². The van der Waals surface area contributed by atoms with Gasteiger partial charge < -0.3 is 0 Å². The lowest BCUT2D eigenvalue weighted by atomic mass is 10.6. The van der Waals surface area contributed by atoms with Gasteiger partial charge in [-0.3, -0.25) is 4.68 Å². The van der Waals surface area contributed by atoms with Gasteiger partial charge in [-0.2, -0.15) is 10.2 Å². The summed E-state index contributed by atoms with van der Waals surface area (Å²) in [5.74, 6) is 0.657. The number of hydrogen-bond donors (Lipinski definition) is 0. The van der Waals surface area contributed by atoms with E-state index in [0.717, 1.165) is 0 Å². The quantitative estimate of drug-likeness (QED) is 0.666. The van der Waals surface area contributed by atoms with E-state index in [1.54, 1.807) is 28.0 Å². The van der Waals surface area contributed by atoms with Crippen LogP contribution < -0.4 is 0 Å². The third-order valence-electron chi connectivity index (χ3n) is 1.49. The van der Waals surface area contributed by atoms with Crippen LogP contribution >= 0.6 is 11.6 Å². The molecule has 0 bridgehead atoms. The van der Waals surface area contributed by atoms with Gasteiger partial charge in [0.05, 0.1) is 0 Å². The van der Waals surface area contributed by atoms with Crippen LogP contribution in [0.5, 0.6) is 0 Å². The molecule has 12 heavy (non-hydrogen) atoms. The van der Waals surface area contributed by atoms with Crippen molar-refractivity contribution in [3.8, 4) is 5.82 Å². The van der Waals surface area contributed by atoms with Crippen molar-refractivity contribution in [3.05, 3.63) is 29.7 Å². The molecule has 0 N–H and O–H groups in total. The van der Waals surface area contributed by atoms with Gasteiger partial charge >= 0.3 is 0 Å². The fourth-order valence-corrected chi connectivity index (χ4v) is 1.26. The van der Waals surface area contributed by atoms with Crippen LogP contribution in [0.25, 0.3) is 5.82 Å². The molecule has 0 radical (unpaired) electrons. The highest BCUT2D eigenvalue weighted by atomic mass is 35.5. The van der Waals surface area contributed by atoms with Crippen molar-refractivity contribution in [2.24, 2.45) is 7.05 Å². The molecule has 0 aliphatic heterocycles. The summed E-state index contributed by atoms with van der Waals surface area (Å²) in [4.78, 5) is 0. The molecule has 0 aliphatic rings. The van der Waals surface area contributed by atoms with Crippen LogP contribution in [-0.4, -0.2) is 19.6 Å². The molecule has 2 aromatic heterocycles. The molecule has 0 fully saturated rings. The van der Waals surface area contributed by atoms with E-state index in [1.165, 1.54) is 0 Å². The molecule has 0 aromatic carbocycles. The van der Waals surface area contributed by atoms with Crippen LogP contribution in [0.3, 0.4) is 0 Å². The van der Waals surface area contributed by atoms with Crippen molar-refractivity contribution in [2.75, 3.05) is 0 Å². The Morgan fingerprint density at radius 2 is 2.33 bits per heavy atom. The fraction of sp³-hybridized carbons (Fsp3) is 0.143. The maximum atomic E-state index is 5.89. The third kappa shape index (κ3) is 1.10. The molecule has 2 aromatic rings. The molecule has 0 spiro atoms. The molecular formula is C7H7ClN4. The van der Waals surface area contributed by atoms with Gasteiger partial charge in [-0.25, -0.2) is 4.68 Å². The normalized spacial score (nSPS) is 10.5. The predicted octanol–water partition coefficient (Wildman–Crippen LogP) is 1.26. The standard InChI is InChI=1S/C7H7ClN4/c1-11-5-6(8)7(10-11)12-4-2-3-9-12/h2-5H,1H3. The number of rotatable bonds is 1. The largest absolute Gasteiger partial charge is 0.272 e. The van der Waals surface area contributed by atoms with E-state index >= 15 is 0 Å². The zero-order chi connectivity index (χ0) is 8.55. The first-order valence-electron chi connectivity index (χ1n) is 3.46. The third-order valence-corrected chi connectivity index (χ3v) is 1.75. The minimum absolute atomic E-state index is 0.598. The number of aromatic nitrogens is 4. The smallest absolute Gasteiger partial charge is 0.193 e. The Morgan fingerprint density at radius 3 is 2.83 bits per heavy atom. The first-order chi connectivity index (χ1) is 5.77. The summed E-state index contributed by atoms with van der Waals surface area (Å²) in [6.07, 6.45) is 5.22. The fourth-order valence-electron chi connectivity index (χ4n) is 0.997. The highest BCUT2D eigenvalue weighted by Gasteiger charge is 2.06. The number of aryl methyl sites for hydroxylation is 1. The average molecular weight is 183 g/mol. The van der Waals surface area contributed by atoms with Gasteiger partial charge in [0.25, 0.3) is 0 Å². The lowest BCUT2D eigenvalue weighted by molar-refractivity contribution is 0.731. The van der Waals surface area contributed by atoms with Gasteiger partial charge in [0.2, 0.25) is 0 Å². The monoisotopic (exact) mass is 182 g/mol. The van der Waals surface area contributed by atoms with E-state index in [4.69, 9.17) is 11.6 Å². The molecule has 4 nitrogen and oxygen atoms in total. The average Bonchev–Trinajstić information content (AvgIpc) is 2.58. The Morgan fingerprint density at radius 1 is 1.50 bits per heavy atom. The maximum Gasteiger partial charge on any atom is 0.193 e. The van der Waals surface area contributed by atoms with Crippen LogP contribution in [0, 0.1) is 0 Å². The Bertz CT molecular complexity index is 376. The minimum Gasteiger partial charge on any atom is -0.272 e. The second-order valence-corrected chi connectivity index (χ2v) is 2.83. The van der Waals surface area contributed by atoms with Crippen molar-refractivity contribution in [1.29, 1.82) is 0 Å². The number of halogens is 1. The highest BCUT2D eigenvalue weighted by molar-refractivity contribution is 6.32. The van der Waals surface area contributed by atoms with Crippen molar-refractivity contribution < 1.29 is 0 Å². The van der Waals surface area contributed by atoms with Gasteiger partial charge in [0.1, 0.15) is 5.02 Å². The zero-order valence-electron chi connectivity index (χ0n) is 6.48. The summed E-state index contributed by atoms with van der Waals surface area (Å²) in [7, 11) is 1.82. The Balaban J connectivity index is 2.54. The molecule has 0 atom stereocenters. The van der Waals surface area contributed by atoms with Crippen molar-refractivity contribution in [3.63, 3.8) is 0 Å². The van der Waals surface area contributed by atoms with E-state index < -0.39 is 0 Å². The molecule has 62 valence electrons. The van der Waals surface area contributed by atoms with Crippen LogP contribution in [-0.2, 0) is 7.05 Å². The topological polar surface area (TPSA) is 35.6 Å². The maximum absolute atomic E-state index is 5.89. The molecule has 2 heterocycles. The lowest BCUT2D eigenvalue weighted by Crippen LogP contribution is -1.97. The predicted molar refractivity (Wildman–Crippen MR) is 45.3 cm³/mol.